The maximum atomic E-state index is 12.1. The number of nitrogens with one attached hydrogen (secondary N) is 1. The quantitative estimate of drug-likeness (QED) is 0.825. The summed E-state index contributed by atoms with van der Waals surface area (Å²) >= 11 is 1.51. The van der Waals surface area contributed by atoms with Crippen molar-refractivity contribution in [3.05, 3.63) is 46.4 Å². The maximum absolute atomic E-state index is 12.1. The summed E-state index contributed by atoms with van der Waals surface area (Å²) in [6.07, 6.45) is 2.71. The molecule has 0 spiro atoms. The first-order valence-electron chi connectivity index (χ1n) is 5.67. The summed E-state index contributed by atoms with van der Waals surface area (Å²) in [4.78, 5) is 3.90. The average Bonchev–Trinajstić information content (AvgIpc) is 2.97. The lowest BCUT2D eigenvalue weighted by Crippen LogP contribution is -2.23. The van der Waals surface area contributed by atoms with Crippen molar-refractivity contribution in [1.82, 2.24) is 9.71 Å². The van der Waals surface area contributed by atoms with Gasteiger partial charge in [-0.25, -0.2) is 13.1 Å². The van der Waals surface area contributed by atoms with E-state index in [2.05, 4.69) is 21.5 Å². The minimum Gasteiger partial charge on any atom is -0.384 e. The van der Waals surface area contributed by atoms with E-state index < -0.39 is 10.0 Å². The van der Waals surface area contributed by atoms with Crippen molar-refractivity contribution >= 4 is 21.4 Å². The number of aliphatic hydroxyl groups excluding tert-OH is 1. The van der Waals surface area contributed by atoms with Crippen LogP contribution in [0.3, 0.4) is 0 Å². The summed E-state index contributed by atoms with van der Waals surface area (Å²) in [6.45, 7) is -0.0498. The van der Waals surface area contributed by atoms with Crippen molar-refractivity contribution in [2.45, 2.75) is 11.4 Å². The largest absolute Gasteiger partial charge is 0.384 e. The van der Waals surface area contributed by atoms with Crippen LogP contribution in [0.25, 0.3) is 0 Å². The number of thiophene rings is 1. The van der Waals surface area contributed by atoms with Crippen molar-refractivity contribution < 1.29 is 13.5 Å². The molecule has 0 aliphatic rings. The Kier molecular flexibility index (Phi) is 4.87. The van der Waals surface area contributed by atoms with E-state index in [4.69, 9.17) is 5.11 Å². The van der Waals surface area contributed by atoms with Gasteiger partial charge in [0.2, 0.25) is 10.0 Å². The molecular formula is C13H12N2O3S2. The molecule has 0 fully saturated rings. The van der Waals surface area contributed by atoms with Crippen LogP contribution in [-0.4, -0.2) is 25.1 Å². The number of aliphatic hydroxyl groups is 1. The number of pyridine rings is 1. The van der Waals surface area contributed by atoms with E-state index in [0.717, 1.165) is 5.56 Å². The number of hydrogen-bond acceptors (Lipinski definition) is 5. The van der Waals surface area contributed by atoms with Crippen molar-refractivity contribution in [2.24, 2.45) is 0 Å². The zero-order valence-corrected chi connectivity index (χ0v) is 12.0. The molecule has 7 heteroatoms. The Labute approximate surface area is 121 Å². The van der Waals surface area contributed by atoms with Gasteiger partial charge in [0, 0.05) is 24.5 Å². The molecule has 0 aliphatic carbocycles. The van der Waals surface area contributed by atoms with Gasteiger partial charge < -0.3 is 5.11 Å². The standard InChI is InChI=1S/C13H12N2O3S2/c16-4-1-2-11-6-13(9-14-7-11)20(17,18)15-8-12-3-5-19-10-12/h3,5-7,9-10,15-16H,4,8H2. The first kappa shape index (κ1) is 14.7. The molecule has 0 unspecified atom stereocenters. The van der Waals surface area contributed by atoms with Crippen LogP contribution in [-0.2, 0) is 16.6 Å². The van der Waals surface area contributed by atoms with Crippen molar-refractivity contribution in [2.75, 3.05) is 6.61 Å². The van der Waals surface area contributed by atoms with Gasteiger partial charge >= 0.3 is 0 Å². The second-order valence-electron chi connectivity index (χ2n) is 3.83. The lowest BCUT2D eigenvalue weighted by atomic mass is 10.3. The number of nitrogens with zero attached hydrogens (tertiary/aromatic N) is 1. The van der Waals surface area contributed by atoms with E-state index in [0.29, 0.717) is 5.56 Å². The van der Waals surface area contributed by atoms with Crippen LogP contribution in [0.4, 0.5) is 0 Å². The van der Waals surface area contributed by atoms with Crippen molar-refractivity contribution in [3.8, 4) is 11.8 Å². The van der Waals surface area contributed by atoms with E-state index in [-0.39, 0.29) is 18.0 Å². The van der Waals surface area contributed by atoms with Gasteiger partial charge in [-0.15, -0.1) is 0 Å². The fraction of sp³-hybridized carbons (Fsp3) is 0.154. The van der Waals surface area contributed by atoms with Gasteiger partial charge in [-0.2, -0.15) is 11.3 Å². The van der Waals surface area contributed by atoms with E-state index >= 15 is 0 Å². The van der Waals surface area contributed by atoms with Crippen LogP contribution in [0, 0.1) is 11.8 Å². The first-order chi connectivity index (χ1) is 9.62. The molecule has 5 nitrogen and oxygen atoms in total. The Balaban J connectivity index is 2.16. The summed E-state index contributed by atoms with van der Waals surface area (Å²) in [5.41, 5.74) is 1.35. The molecule has 2 N–H and O–H groups in total. The van der Waals surface area contributed by atoms with Gasteiger partial charge in [-0.05, 0) is 28.5 Å². The summed E-state index contributed by atoms with van der Waals surface area (Å²) in [6, 6.07) is 3.28. The molecule has 2 rings (SSSR count). The van der Waals surface area contributed by atoms with Crippen LogP contribution in [0.5, 0.6) is 0 Å². The van der Waals surface area contributed by atoms with Crippen molar-refractivity contribution in [3.63, 3.8) is 0 Å². The fourth-order valence-electron chi connectivity index (χ4n) is 1.43. The summed E-state index contributed by atoms with van der Waals surface area (Å²) in [7, 11) is -3.62. The highest BCUT2D eigenvalue weighted by Crippen LogP contribution is 2.11. The third kappa shape index (κ3) is 3.88. The number of rotatable bonds is 4. The molecule has 2 aromatic heterocycles. The van der Waals surface area contributed by atoms with Gasteiger partial charge in [0.25, 0.3) is 0 Å². The molecule has 0 radical (unpaired) electrons. The summed E-state index contributed by atoms with van der Waals surface area (Å²) in [5.74, 6) is 5.07. The van der Waals surface area contributed by atoms with Gasteiger partial charge in [0.1, 0.15) is 11.5 Å². The van der Waals surface area contributed by atoms with Crippen molar-refractivity contribution in [1.29, 1.82) is 0 Å². The SMILES string of the molecule is O=S(=O)(NCc1ccsc1)c1cncc(C#CCO)c1. The highest BCUT2D eigenvalue weighted by Gasteiger charge is 2.14. The predicted molar refractivity (Wildman–Crippen MR) is 76.5 cm³/mol. The molecule has 0 saturated carbocycles. The van der Waals surface area contributed by atoms with Gasteiger partial charge in [0.15, 0.2) is 0 Å². The third-order valence-corrected chi connectivity index (χ3v) is 4.48. The second-order valence-corrected chi connectivity index (χ2v) is 6.37. The lowest BCUT2D eigenvalue weighted by Gasteiger charge is -2.05. The Hall–Kier alpha value is -1.72. The predicted octanol–water partition coefficient (Wildman–Crippen LogP) is 0.965. The van der Waals surface area contributed by atoms with Gasteiger partial charge in [-0.3, -0.25) is 4.98 Å². The monoisotopic (exact) mass is 308 g/mol. The first-order valence-corrected chi connectivity index (χ1v) is 8.10. The van der Waals surface area contributed by atoms with Gasteiger partial charge in [0.05, 0.1) is 0 Å². The summed E-state index contributed by atoms with van der Waals surface area (Å²) in [5, 5.41) is 12.4. The van der Waals surface area contributed by atoms with Crippen LogP contribution in [0.1, 0.15) is 11.1 Å². The molecule has 0 amide bonds. The number of aromatic nitrogens is 1. The highest BCUT2D eigenvalue weighted by atomic mass is 32.2. The molecule has 104 valence electrons. The van der Waals surface area contributed by atoms with E-state index in [1.54, 1.807) is 0 Å². The fourth-order valence-corrected chi connectivity index (χ4v) is 3.10. The number of hydrogen-bond donors (Lipinski definition) is 2. The molecule has 20 heavy (non-hydrogen) atoms. The normalized spacial score (nSPS) is 10.8. The molecule has 0 atom stereocenters. The maximum Gasteiger partial charge on any atom is 0.242 e. The smallest absolute Gasteiger partial charge is 0.242 e. The Bertz CT molecular complexity index is 728. The Morgan fingerprint density at radius 1 is 1.40 bits per heavy atom. The van der Waals surface area contributed by atoms with E-state index in [1.807, 2.05) is 16.8 Å². The minimum absolute atomic E-state index is 0.0532. The lowest BCUT2D eigenvalue weighted by molar-refractivity contribution is 0.350. The van der Waals surface area contributed by atoms with Crippen LogP contribution in [0.2, 0.25) is 0 Å². The highest BCUT2D eigenvalue weighted by molar-refractivity contribution is 7.89. The average molecular weight is 308 g/mol. The molecule has 0 bridgehead atoms. The van der Waals surface area contributed by atoms with Gasteiger partial charge in [-0.1, -0.05) is 11.8 Å². The van der Waals surface area contributed by atoms with E-state index in [1.165, 1.54) is 29.8 Å². The zero-order valence-electron chi connectivity index (χ0n) is 10.4. The van der Waals surface area contributed by atoms with Crippen LogP contribution in [0.15, 0.2) is 40.2 Å². The summed E-state index contributed by atoms with van der Waals surface area (Å²) < 4.78 is 26.7. The topological polar surface area (TPSA) is 79.3 Å². The zero-order chi connectivity index (χ0) is 14.4. The second kappa shape index (κ2) is 6.63. The van der Waals surface area contributed by atoms with Crippen LogP contribution >= 0.6 is 11.3 Å². The number of sulfonamides is 1. The third-order valence-electron chi connectivity index (χ3n) is 2.38. The molecule has 0 aliphatic heterocycles. The van der Waals surface area contributed by atoms with Crippen LogP contribution < -0.4 is 4.72 Å². The molecule has 2 heterocycles. The molecule has 0 saturated heterocycles. The Morgan fingerprint density at radius 2 is 2.25 bits per heavy atom. The Morgan fingerprint density at radius 3 is 2.95 bits per heavy atom. The minimum atomic E-state index is -3.62. The molecular weight excluding hydrogens is 296 g/mol. The molecule has 2 aromatic rings. The molecule has 0 aromatic carbocycles. The van der Waals surface area contributed by atoms with E-state index in [9.17, 15) is 8.42 Å².